The van der Waals surface area contributed by atoms with Crippen LogP contribution in [-0.4, -0.2) is 24.6 Å². The SMILES string of the molecule is CC(C(N)=O)S(=O)(=O)c1nc2ccccc2s1. The van der Waals surface area contributed by atoms with Gasteiger partial charge in [0.25, 0.3) is 0 Å². The first kappa shape index (κ1) is 12.0. The molecule has 0 spiro atoms. The predicted molar refractivity (Wildman–Crippen MR) is 65.5 cm³/mol. The summed E-state index contributed by atoms with van der Waals surface area (Å²) in [6.07, 6.45) is 0. The summed E-state index contributed by atoms with van der Waals surface area (Å²) in [4.78, 5) is 15.0. The van der Waals surface area contributed by atoms with Crippen LogP contribution in [0.15, 0.2) is 28.6 Å². The summed E-state index contributed by atoms with van der Waals surface area (Å²) < 4.78 is 24.7. The summed E-state index contributed by atoms with van der Waals surface area (Å²) in [5.74, 6) is -0.871. The third kappa shape index (κ3) is 2.03. The monoisotopic (exact) mass is 270 g/mol. The highest BCUT2D eigenvalue weighted by Gasteiger charge is 2.30. The maximum Gasteiger partial charge on any atom is 0.235 e. The molecule has 90 valence electrons. The predicted octanol–water partition coefficient (Wildman–Crippen LogP) is 0.944. The average molecular weight is 270 g/mol. The van der Waals surface area contributed by atoms with Crippen LogP contribution >= 0.6 is 11.3 Å². The Morgan fingerprint density at radius 2 is 2.06 bits per heavy atom. The van der Waals surface area contributed by atoms with Gasteiger partial charge in [0.1, 0.15) is 5.25 Å². The molecule has 0 saturated heterocycles. The maximum absolute atomic E-state index is 12.0. The van der Waals surface area contributed by atoms with Gasteiger partial charge in [0.15, 0.2) is 0 Å². The fraction of sp³-hybridized carbons (Fsp3) is 0.200. The lowest BCUT2D eigenvalue weighted by Gasteiger charge is -2.05. The Morgan fingerprint density at radius 1 is 1.41 bits per heavy atom. The molecule has 1 aromatic heterocycles. The molecule has 0 radical (unpaired) electrons. The van der Waals surface area contributed by atoms with Crippen molar-refractivity contribution in [3.8, 4) is 0 Å². The van der Waals surface area contributed by atoms with Gasteiger partial charge in [-0.1, -0.05) is 12.1 Å². The molecule has 1 aromatic carbocycles. The number of sulfone groups is 1. The summed E-state index contributed by atoms with van der Waals surface area (Å²) in [7, 11) is -3.77. The second-order valence-electron chi connectivity index (χ2n) is 3.54. The Kier molecular flexibility index (Phi) is 2.88. The van der Waals surface area contributed by atoms with E-state index in [1.54, 1.807) is 24.3 Å². The van der Waals surface area contributed by atoms with Gasteiger partial charge in [0.05, 0.1) is 10.2 Å². The van der Waals surface area contributed by atoms with E-state index >= 15 is 0 Å². The standard InChI is InChI=1S/C10H10N2O3S2/c1-6(9(11)13)17(14,15)10-12-7-4-2-3-5-8(7)16-10/h2-6H,1H3,(H2,11,13). The first-order valence-electron chi connectivity index (χ1n) is 4.81. The normalized spacial score (nSPS) is 13.7. The van der Waals surface area contributed by atoms with E-state index in [-0.39, 0.29) is 4.34 Å². The molecular weight excluding hydrogens is 260 g/mol. The lowest BCUT2D eigenvalue weighted by atomic mass is 10.3. The molecule has 0 aliphatic carbocycles. The van der Waals surface area contributed by atoms with E-state index in [0.29, 0.717) is 5.52 Å². The molecule has 2 rings (SSSR count). The molecule has 7 heteroatoms. The van der Waals surface area contributed by atoms with E-state index in [1.165, 1.54) is 6.92 Å². The maximum atomic E-state index is 12.0. The number of rotatable bonds is 3. The van der Waals surface area contributed by atoms with Crippen LogP contribution in [0.25, 0.3) is 10.2 Å². The molecule has 5 nitrogen and oxygen atoms in total. The Labute approximate surface area is 102 Å². The zero-order valence-electron chi connectivity index (χ0n) is 8.95. The number of carbonyl (C=O) groups excluding carboxylic acids is 1. The van der Waals surface area contributed by atoms with Gasteiger partial charge in [-0.2, -0.15) is 0 Å². The van der Waals surface area contributed by atoms with E-state index in [4.69, 9.17) is 5.73 Å². The Hall–Kier alpha value is -1.47. The molecule has 1 atom stereocenters. The van der Waals surface area contributed by atoms with Gasteiger partial charge in [-0.25, -0.2) is 13.4 Å². The molecule has 1 unspecified atom stereocenters. The van der Waals surface area contributed by atoms with E-state index in [2.05, 4.69) is 4.98 Å². The molecule has 1 heterocycles. The third-order valence-electron chi connectivity index (χ3n) is 2.38. The smallest absolute Gasteiger partial charge is 0.235 e. The molecule has 0 aliphatic rings. The van der Waals surface area contributed by atoms with Crippen molar-refractivity contribution in [2.24, 2.45) is 5.73 Å². The number of thiazole rings is 1. The van der Waals surface area contributed by atoms with Gasteiger partial charge in [0.2, 0.25) is 20.1 Å². The highest BCUT2D eigenvalue weighted by Crippen LogP contribution is 2.27. The molecule has 0 saturated carbocycles. The molecule has 0 fully saturated rings. The average Bonchev–Trinajstić information content (AvgIpc) is 2.71. The molecule has 17 heavy (non-hydrogen) atoms. The Bertz CT molecular complexity index is 643. The van der Waals surface area contributed by atoms with Gasteiger partial charge in [-0.15, -0.1) is 11.3 Å². The first-order chi connectivity index (χ1) is 7.93. The van der Waals surface area contributed by atoms with E-state index < -0.39 is 21.0 Å². The van der Waals surface area contributed by atoms with Crippen LogP contribution in [0.2, 0.25) is 0 Å². The molecular formula is C10H10N2O3S2. The van der Waals surface area contributed by atoms with Crippen molar-refractivity contribution >= 4 is 37.3 Å². The third-order valence-corrected chi connectivity index (χ3v) is 5.90. The van der Waals surface area contributed by atoms with Crippen molar-refractivity contribution < 1.29 is 13.2 Å². The van der Waals surface area contributed by atoms with Crippen LogP contribution in [0.1, 0.15) is 6.92 Å². The van der Waals surface area contributed by atoms with Crippen LogP contribution in [0.5, 0.6) is 0 Å². The van der Waals surface area contributed by atoms with Crippen LogP contribution in [0.4, 0.5) is 0 Å². The van der Waals surface area contributed by atoms with Crippen LogP contribution in [0.3, 0.4) is 0 Å². The lowest BCUT2D eigenvalue weighted by Crippen LogP contribution is -2.33. The summed E-state index contributed by atoms with van der Waals surface area (Å²) in [6.45, 7) is 1.27. The number of benzene rings is 1. The summed E-state index contributed by atoms with van der Waals surface area (Å²) in [5.41, 5.74) is 5.62. The Balaban J connectivity index is 2.57. The van der Waals surface area contributed by atoms with Crippen molar-refractivity contribution in [3.63, 3.8) is 0 Å². The molecule has 0 aliphatic heterocycles. The van der Waals surface area contributed by atoms with Crippen LogP contribution < -0.4 is 5.73 Å². The second kappa shape index (κ2) is 4.08. The zero-order valence-corrected chi connectivity index (χ0v) is 10.6. The number of primary amides is 1. The summed E-state index contributed by atoms with van der Waals surface area (Å²) in [6, 6.07) is 7.07. The summed E-state index contributed by atoms with van der Waals surface area (Å²) in [5, 5.41) is -1.26. The first-order valence-corrected chi connectivity index (χ1v) is 7.18. The molecule has 2 N–H and O–H groups in total. The van der Waals surface area contributed by atoms with Gasteiger partial charge in [-0.3, -0.25) is 4.79 Å². The van der Waals surface area contributed by atoms with Crippen molar-refractivity contribution in [3.05, 3.63) is 24.3 Å². The van der Waals surface area contributed by atoms with Crippen molar-refractivity contribution in [1.29, 1.82) is 0 Å². The topological polar surface area (TPSA) is 90.1 Å². The highest BCUT2D eigenvalue weighted by molar-refractivity contribution is 7.94. The fourth-order valence-corrected chi connectivity index (χ4v) is 3.97. The van der Waals surface area contributed by atoms with Crippen molar-refractivity contribution in [2.75, 3.05) is 0 Å². The number of aromatic nitrogens is 1. The lowest BCUT2D eigenvalue weighted by molar-refractivity contribution is -0.117. The fourth-order valence-electron chi connectivity index (χ4n) is 1.28. The number of nitrogens with two attached hydrogens (primary N) is 1. The minimum absolute atomic E-state index is 0.0648. The van der Waals surface area contributed by atoms with E-state index in [0.717, 1.165) is 16.0 Å². The molecule has 2 aromatic rings. The number of fused-ring (bicyclic) bond motifs is 1. The molecule has 0 bridgehead atoms. The largest absolute Gasteiger partial charge is 0.369 e. The van der Waals surface area contributed by atoms with Crippen molar-refractivity contribution in [2.45, 2.75) is 16.5 Å². The second-order valence-corrected chi connectivity index (χ2v) is 7.01. The number of nitrogens with zero attached hydrogens (tertiary/aromatic N) is 1. The minimum Gasteiger partial charge on any atom is -0.369 e. The number of para-hydroxylation sites is 1. The quantitative estimate of drug-likeness (QED) is 0.898. The minimum atomic E-state index is -3.77. The highest BCUT2D eigenvalue weighted by atomic mass is 32.2. The van der Waals surface area contributed by atoms with Gasteiger partial charge in [-0.05, 0) is 19.1 Å². The number of carbonyl (C=O) groups is 1. The van der Waals surface area contributed by atoms with Gasteiger partial charge in [0, 0.05) is 0 Å². The van der Waals surface area contributed by atoms with Gasteiger partial charge < -0.3 is 5.73 Å². The van der Waals surface area contributed by atoms with Gasteiger partial charge >= 0.3 is 0 Å². The summed E-state index contributed by atoms with van der Waals surface area (Å²) >= 11 is 1.04. The van der Waals surface area contributed by atoms with Crippen LogP contribution in [0, 0.1) is 0 Å². The number of hydrogen-bond acceptors (Lipinski definition) is 5. The van der Waals surface area contributed by atoms with E-state index in [1.807, 2.05) is 0 Å². The zero-order chi connectivity index (χ0) is 12.6. The number of hydrogen-bond donors (Lipinski definition) is 1. The Morgan fingerprint density at radius 3 is 2.65 bits per heavy atom. The van der Waals surface area contributed by atoms with Crippen molar-refractivity contribution in [1.82, 2.24) is 4.98 Å². The molecule has 1 amide bonds. The van der Waals surface area contributed by atoms with E-state index in [9.17, 15) is 13.2 Å². The number of amides is 1. The van der Waals surface area contributed by atoms with Crippen LogP contribution in [-0.2, 0) is 14.6 Å².